The summed E-state index contributed by atoms with van der Waals surface area (Å²) in [7, 11) is 0.529. The normalized spacial score (nSPS) is 16.1. The van der Waals surface area contributed by atoms with Gasteiger partial charge in [0.15, 0.2) is 11.5 Å². The molecule has 0 bridgehead atoms. The van der Waals surface area contributed by atoms with Crippen molar-refractivity contribution in [1.82, 2.24) is 5.32 Å². The van der Waals surface area contributed by atoms with E-state index in [1.54, 1.807) is 30.3 Å². The minimum absolute atomic E-state index is 0.0629. The van der Waals surface area contributed by atoms with E-state index in [-0.39, 0.29) is 22.4 Å². The van der Waals surface area contributed by atoms with Crippen LogP contribution in [0.15, 0.2) is 71.6 Å². The molecule has 3 aromatic rings. The van der Waals surface area contributed by atoms with E-state index in [1.165, 1.54) is 37.7 Å². The summed E-state index contributed by atoms with van der Waals surface area (Å²) in [6.45, 7) is 4.20. The van der Waals surface area contributed by atoms with Crippen LogP contribution in [-0.4, -0.2) is 41.2 Å². The number of fused-ring (bicyclic) bond motifs is 1. The molecular weight excluding hydrogens is 504 g/mol. The lowest BCUT2D eigenvalue weighted by atomic mass is 9.83. The first-order valence-electron chi connectivity index (χ1n) is 12.6. The van der Waals surface area contributed by atoms with Gasteiger partial charge in [-0.05, 0) is 55.3 Å². The second-order valence-electron chi connectivity index (χ2n) is 9.30. The van der Waals surface area contributed by atoms with Crippen LogP contribution in [-0.2, 0) is 10.0 Å². The number of rotatable bonds is 9. The van der Waals surface area contributed by atoms with Gasteiger partial charge in [0, 0.05) is 30.7 Å². The molecule has 1 N–H and O–H groups in total. The summed E-state index contributed by atoms with van der Waals surface area (Å²) in [5.41, 5.74) is 1.48. The first-order chi connectivity index (χ1) is 18.2. The number of carbonyl (C=O) groups excluding carboxylic acids is 1. The maximum atomic E-state index is 13.3. The molecule has 202 valence electrons. The molecule has 0 aromatic heterocycles. The smallest absolute Gasteiger partial charge is 0.264 e. The van der Waals surface area contributed by atoms with Gasteiger partial charge in [0.1, 0.15) is 11.4 Å². The third-order valence-corrected chi connectivity index (χ3v) is 9.08. The van der Waals surface area contributed by atoms with Crippen LogP contribution in [0.2, 0.25) is 0 Å². The number of nitrogens with zero attached hydrogens (tertiary/aromatic N) is 1. The minimum Gasteiger partial charge on any atom is -0.493 e. The fourth-order valence-corrected chi connectivity index (χ4v) is 5.98. The summed E-state index contributed by atoms with van der Waals surface area (Å²) in [5, 5.41) is 3.17. The van der Waals surface area contributed by atoms with Crippen molar-refractivity contribution in [2.24, 2.45) is 0 Å². The monoisotopic (exact) mass is 538 g/mol. The fourth-order valence-electron chi connectivity index (χ4n) is 4.77. The highest BCUT2D eigenvalue weighted by atomic mass is 32.2. The molecule has 1 aliphatic rings. The number of ether oxygens (including phenoxy) is 3. The molecule has 0 saturated carbocycles. The highest BCUT2D eigenvalue weighted by Gasteiger charge is 2.39. The second-order valence-corrected chi connectivity index (χ2v) is 11.3. The molecule has 0 saturated heterocycles. The van der Waals surface area contributed by atoms with Crippen LogP contribution in [0.5, 0.6) is 17.2 Å². The highest BCUT2D eigenvalue weighted by Crippen LogP contribution is 2.42. The quantitative estimate of drug-likeness (QED) is 0.395. The number of para-hydroxylation sites is 1. The number of methoxy groups -OCH3 is 2. The lowest BCUT2D eigenvalue weighted by Gasteiger charge is -2.41. The maximum absolute atomic E-state index is 13.3. The first-order valence-corrected chi connectivity index (χ1v) is 14.0. The zero-order chi connectivity index (χ0) is 27.5. The molecule has 3 aromatic carbocycles. The highest BCUT2D eigenvalue weighted by molar-refractivity contribution is 7.92. The van der Waals surface area contributed by atoms with E-state index < -0.39 is 10.0 Å². The van der Waals surface area contributed by atoms with Crippen LogP contribution in [0.4, 0.5) is 5.69 Å². The van der Waals surface area contributed by atoms with Crippen LogP contribution in [0.25, 0.3) is 0 Å². The molecule has 1 aliphatic heterocycles. The van der Waals surface area contributed by atoms with E-state index in [9.17, 15) is 13.2 Å². The molecule has 38 heavy (non-hydrogen) atoms. The molecule has 0 unspecified atom stereocenters. The molecule has 1 heterocycles. The Morgan fingerprint density at radius 1 is 1.00 bits per heavy atom. The molecule has 0 radical (unpaired) electrons. The van der Waals surface area contributed by atoms with Crippen LogP contribution in [0.3, 0.4) is 0 Å². The van der Waals surface area contributed by atoms with Gasteiger partial charge in [-0.3, -0.25) is 9.10 Å². The topological polar surface area (TPSA) is 94.2 Å². The van der Waals surface area contributed by atoms with E-state index in [4.69, 9.17) is 14.2 Å². The Kier molecular flexibility index (Phi) is 7.87. The molecule has 1 amide bonds. The molecular formula is C29H34N2O6S. The largest absolute Gasteiger partial charge is 0.493 e. The van der Waals surface area contributed by atoms with Crippen molar-refractivity contribution in [2.45, 2.75) is 49.6 Å². The van der Waals surface area contributed by atoms with Crippen molar-refractivity contribution in [2.75, 3.05) is 25.6 Å². The average Bonchev–Trinajstić information content (AvgIpc) is 2.96. The molecule has 0 fully saturated rings. The van der Waals surface area contributed by atoms with E-state index in [2.05, 4.69) is 19.2 Å². The Morgan fingerprint density at radius 3 is 2.29 bits per heavy atom. The summed E-state index contributed by atoms with van der Waals surface area (Å²) >= 11 is 0. The van der Waals surface area contributed by atoms with Gasteiger partial charge in [0.25, 0.3) is 15.9 Å². The number of hydrogen-bond acceptors (Lipinski definition) is 6. The van der Waals surface area contributed by atoms with Gasteiger partial charge in [0.2, 0.25) is 0 Å². The van der Waals surface area contributed by atoms with E-state index in [1.807, 2.05) is 24.3 Å². The van der Waals surface area contributed by atoms with Gasteiger partial charge < -0.3 is 19.5 Å². The van der Waals surface area contributed by atoms with Crippen LogP contribution < -0.4 is 23.8 Å². The van der Waals surface area contributed by atoms with E-state index >= 15 is 0 Å². The average molecular weight is 539 g/mol. The lowest BCUT2D eigenvalue weighted by Crippen LogP contribution is -2.44. The van der Waals surface area contributed by atoms with Gasteiger partial charge in [-0.25, -0.2) is 8.42 Å². The van der Waals surface area contributed by atoms with E-state index in [0.29, 0.717) is 29.2 Å². The number of benzene rings is 3. The van der Waals surface area contributed by atoms with Gasteiger partial charge in [0.05, 0.1) is 30.8 Å². The van der Waals surface area contributed by atoms with E-state index in [0.717, 1.165) is 24.2 Å². The third-order valence-electron chi connectivity index (χ3n) is 7.30. The zero-order valence-electron chi connectivity index (χ0n) is 22.4. The molecule has 8 nitrogen and oxygen atoms in total. The van der Waals surface area contributed by atoms with Crippen molar-refractivity contribution in [3.05, 3.63) is 77.9 Å². The molecule has 0 aliphatic carbocycles. The Labute approximate surface area is 224 Å². The molecule has 9 heteroatoms. The Morgan fingerprint density at radius 2 is 1.66 bits per heavy atom. The molecule has 1 atom stereocenters. The summed E-state index contributed by atoms with van der Waals surface area (Å²) in [6.07, 6.45) is 2.34. The lowest BCUT2D eigenvalue weighted by molar-refractivity contribution is 0.0227. The molecule has 4 rings (SSSR count). The van der Waals surface area contributed by atoms with Crippen LogP contribution in [0.1, 0.15) is 55.1 Å². The SMILES string of the molecule is CCC1(CC)C[C@H](NC(=O)c2ccc(N(C)S(=O)(=O)c3ccc(OC)c(OC)c3)cc2)c2ccccc2O1. The number of amides is 1. The van der Waals surface area contributed by atoms with Crippen molar-refractivity contribution >= 4 is 21.6 Å². The second kappa shape index (κ2) is 10.9. The number of sulfonamides is 1. The Balaban J connectivity index is 1.53. The number of anilines is 1. The number of nitrogens with one attached hydrogen (secondary N) is 1. The van der Waals surface area contributed by atoms with Crippen LogP contribution >= 0.6 is 0 Å². The van der Waals surface area contributed by atoms with Crippen molar-refractivity contribution in [3.8, 4) is 17.2 Å². The van der Waals surface area contributed by atoms with Crippen molar-refractivity contribution in [3.63, 3.8) is 0 Å². The van der Waals surface area contributed by atoms with Gasteiger partial charge >= 0.3 is 0 Å². The van der Waals surface area contributed by atoms with Crippen molar-refractivity contribution < 1.29 is 27.4 Å². The van der Waals surface area contributed by atoms with Crippen molar-refractivity contribution in [1.29, 1.82) is 0 Å². The van der Waals surface area contributed by atoms with Gasteiger partial charge in [-0.1, -0.05) is 32.0 Å². The third kappa shape index (κ3) is 5.15. The zero-order valence-corrected chi connectivity index (χ0v) is 23.2. The predicted octanol–water partition coefficient (Wildman–Crippen LogP) is 5.34. The van der Waals surface area contributed by atoms with Crippen LogP contribution in [0, 0.1) is 0 Å². The maximum Gasteiger partial charge on any atom is 0.264 e. The summed E-state index contributed by atoms with van der Waals surface area (Å²) in [5.74, 6) is 1.32. The summed E-state index contributed by atoms with van der Waals surface area (Å²) < 4.78 is 44.5. The van der Waals surface area contributed by atoms with Gasteiger partial charge in [-0.2, -0.15) is 0 Å². The first kappa shape index (κ1) is 27.3. The predicted molar refractivity (Wildman–Crippen MR) is 147 cm³/mol. The Bertz CT molecular complexity index is 1400. The number of hydrogen-bond donors (Lipinski definition) is 1. The van der Waals surface area contributed by atoms with Gasteiger partial charge in [-0.15, -0.1) is 0 Å². The standard InChI is InChI=1S/C29H34N2O6S/c1-6-29(7-2)19-24(23-10-8-9-11-25(23)37-29)30-28(32)20-12-14-21(15-13-20)31(3)38(33,34)22-16-17-26(35-4)27(18-22)36-5/h8-18,24H,6-7,19H2,1-5H3,(H,30,32)/t24-/m0/s1. The Hall–Kier alpha value is -3.72. The summed E-state index contributed by atoms with van der Waals surface area (Å²) in [4.78, 5) is 13.3. The molecule has 0 spiro atoms. The minimum atomic E-state index is -3.87. The summed E-state index contributed by atoms with van der Waals surface area (Å²) in [6, 6.07) is 18.5. The number of carbonyl (C=O) groups is 1. The fraction of sp³-hybridized carbons (Fsp3) is 0.345.